The Balaban J connectivity index is 2.68. The lowest BCUT2D eigenvalue weighted by atomic mass is 10.0. The molecule has 1 aromatic carbocycles. The third-order valence-corrected chi connectivity index (χ3v) is 2.70. The smallest absolute Gasteiger partial charge is 0.194 e. The summed E-state index contributed by atoms with van der Waals surface area (Å²) in [4.78, 5) is 5.52. The highest BCUT2D eigenvalue weighted by Gasteiger charge is 2.02. The summed E-state index contributed by atoms with van der Waals surface area (Å²) < 4.78 is 2.11. The molecule has 2 aromatic heterocycles. The molecule has 0 saturated heterocycles. The zero-order valence-corrected chi connectivity index (χ0v) is 7.08. The summed E-state index contributed by atoms with van der Waals surface area (Å²) in [5, 5.41) is 2.05. The van der Waals surface area contributed by atoms with Crippen molar-refractivity contribution in [2.45, 2.75) is 0 Å². The van der Waals surface area contributed by atoms with Crippen LogP contribution in [0.25, 0.3) is 16.0 Å². The first-order valence-electron chi connectivity index (χ1n) is 3.75. The van der Waals surface area contributed by atoms with Crippen molar-refractivity contribution < 1.29 is 0 Å². The number of hydrogen-bond acceptors (Lipinski definition) is 2. The van der Waals surface area contributed by atoms with Crippen molar-refractivity contribution >= 4 is 27.3 Å². The Bertz CT molecular complexity index is 534. The second-order valence-corrected chi connectivity index (χ2v) is 3.53. The number of aromatic nitrogens is 2. The van der Waals surface area contributed by atoms with Crippen LogP contribution in [-0.4, -0.2) is 9.38 Å². The van der Waals surface area contributed by atoms with Gasteiger partial charge in [0.1, 0.15) is 0 Å². The zero-order valence-electron chi connectivity index (χ0n) is 6.27. The van der Waals surface area contributed by atoms with Crippen LogP contribution in [0.4, 0.5) is 0 Å². The van der Waals surface area contributed by atoms with Gasteiger partial charge < -0.3 is 0 Å². The summed E-state index contributed by atoms with van der Waals surface area (Å²) in [5.41, 5.74) is 2.26. The molecule has 3 rings (SSSR count). The van der Waals surface area contributed by atoms with Gasteiger partial charge in [-0.15, -0.1) is 11.3 Å². The summed E-state index contributed by atoms with van der Waals surface area (Å²) >= 11 is 1.66. The van der Waals surface area contributed by atoms with E-state index in [0.717, 1.165) is 10.5 Å². The molecule has 2 heterocycles. The lowest BCUT2D eigenvalue weighted by Gasteiger charge is -1.86. The summed E-state index contributed by atoms with van der Waals surface area (Å²) in [6, 6.07) is 8.17. The Morgan fingerprint density at radius 2 is 2.17 bits per heavy atom. The zero-order chi connectivity index (χ0) is 7.97. The minimum absolute atomic E-state index is 1.07. The van der Waals surface area contributed by atoms with Crippen LogP contribution in [0, 0.1) is 0 Å². The third kappa shape index (κ3) is 0.662. The number of hydrogen-bond donors (Lipinski definition) is 0. The Hall–Kier alpha value is -1.35. The number of rotatable bonds is 0. The highest BCUT2D eigenvalue weighted by atomic mass is 32.1. The quantitative estimate of drug-likeness (QED) is 0.510. The van der Waals surface area contributed by atoms with Crippen LogP contribution in [0.1, 0.15) is 0 Å². The highest BCUT2D eigenvalue weighted by molar-refractivity contribution is 7.15. The molecular formula is C9H6N2S. The molecule has 0 radical (unpaired) electrons. The molecule has 0 N–H and O–H groups in total. The van der Waals surface area contributed by atoms with Crippen LogP contribution < -0.4 is 0 Å². The first-order chi connectivity index (χ1) is 5.95. The Kier molecular flexibility index (Phi) is 1.07. The Labute approximate surface area is 73.1 Å². The van der Waals surface area contributed by atoms with Gasteiger partial charge in [0.15, 0.2) is 4.96 Å². The number of para-hydroxylation sites is 2. The number of nitrogens with zero attached hydrogens (tertiary/aromatic N) is 2. The van der Waals surface area contributed by atoms with Crippen LogP contribution in [0.5, 0.6) is 0 Å². The minimum Gasteiger partial charge on any atom is -0.290 e. The lowest BCUT2D eigenvalue weighted by Crippen LogP contribution is -1.73. The fourth-order valence-electron chi connectivity index (χ4n) is 1.40. The average molecular weight is 173 g/mol. The number of thiazole rings is 1. The van der Waals surface area contributed by atoms with E-state index in [1.165, 1.54) is 5.52 Å². The van der Waals surface area contributed by atoms with Gasteiger partial charge in [-0.1, -0.05) is 12.1 Å². The van der Waals surface area contributed by atoms with Gasteiger partial charge in [-0.05, 0) is 12.1 Å². The van der Waals surface area contributed by atoms with E-state index in [1.54, 1.807) is 11.3 Å². The molecule has 0 amide bonds. The van der Waals surface area contributed by atoms with Gasteiger partial charge in [-0.2, -0.15) is 0 Å². The molecule has 58 valence electrons. The molecule has 2 nitrogen and oxygen atoms in total. The van der Waals surface area contributed by atoms with Crippen molar-refractivity contribution in [3.8, 4) is 0 Å². The van der Waals surface area contributed by atoms with Gasteiger partial charge >= 0.3 is 0 Å². The van der Waals surface area contributed by atoms with Gasteiger partial charge in [-0.3, -0.25) is 4.40 Å². The summed E-state index contributed by atoms with van der Waals surface area (Å²) in [6.45, 7) is 0. The first-order valence-corrected chi connectivity index (χ1v) is 4.63. The van der Waals surface area contributed by atoms with Gasteiger partial charge in [-0.25, -0.2) is 4.98 Å². The maximum atomic E-state index is 4.46. The Morgan fingerprint density at radius 3 is 3.17 bits per heavy atom. The number of imidazole rings is 1. The van der Waals surface area contributed by atoms with E-state index in [9.17, 15) is 0 Å². The predicted molar refractivity (Wildman–Crippen MR) is 50.6 cm³/mol. The standard InChI is InChI=1S/C9H6N2S/c1-2-4-8-7(3-1)10-9-11(8)5-6-12-9/h1-6H/i1-1. The van der Waals surface area contributed by atoms with Gasteiger partial charge in [0.2, 0.25) is 0 Å². The molecule has 0 saturated carbocycles. The van der Waals surface area contributed by atoms with Crippen LogP contribution in [0.15, 0.2) is 35.8 Å². The van der Waals surface area contributed by atoms with E-state index < -0.39 is 0 Å². The lowest BCUT2D eigenvalue weighted by molar-refractivity contribution is 1.28. The highest BCUT2D eigenvalue weighted by Crippen LogP contribution is 2.19. The topological polar surface area (TPSA) is 17.3 Å². The maximum absolute atomic E-state index is 4.46. The van der Waals surface area contributed by atoms with Crippen LogP contribution >= 0.6 is 11.3 Å². The van der Waals surface area contributed by atoms with Gasteiger partial charge in [0, 0.05) is 11.6 Å². The normalized spacial score (nSPS) is 11.3. The van der Waals surface area contributed by atoms with Crippen molar-refractivity contribution in [2.75, 3.05) is 0 Å². The monoisotopic (exact) mass is 173 g/mol. The van der Waals surface area contributed by atoms with Crippen molar-refractivity contribution in [3.05, 3.63) is 35.8 Å². The van der Waals surface area contributed by atoms with Crippen molar-refractivity contribution in [1.82, 2.24) is 9.38 Å². The molecule has 0 spiro atoms. The van der Waals surface area contributed by atoms with Crippen molar-refractivity contribution in [1.29, 1.82) is 0 Å². The predicted octanol–water partition coefficient (Wildman–Crippen LogP) is 2.55. The molecule has 0 atom stereocenters. The molecule has 12 heavy (non-hydrogen) atoms. The van der Waals surface area contributed by atoms with E-state index in [-0.39, 0.29) is 0 Å². The summed E-state index contributed by atoms with van der Waals surface area (Å²) in [5.74, 6) is 0. The minimum atomic E-state index is 1.07. The van der Waals surface area contributed by atoms with Crippen LogP contribution in [-0.2, 0) is 0 Å². The molecule has 0 aliphatic carbocycles. The van der Waals surface area contributed by atoms with Crippen molar-refractivity contribution in [3.63, 3.8) is 0 Å². The fourth-order valence-corrected chi connectivity index (χ4v) is 2.13. The van der Waals surface area contributed by atoms with E-state index >= 15 is 0 Å². The molecule has 3 aromatic rings. The van der Waals surface area contributed by atoms with E-state index in [1.807, 2.05) is 18.2 Å². The molecular weight excluding hydrogens is 167 g/mol. The number of fused-ring (bicyclic) bond motifs is 3. The molecule has 0 aliphatic rings. The Morgan fingerprint density at radius 1 is 1.25 bits per heavy atom. The third-order valence-electron chi connectivity index (χ3n) is 1.95. The molecule has 0 unspecified atom stereocenters. The van der Waals surface area contributed by atoms with Crippen molar-refractivity contribution in [2.24, 2.45) is 0 Å². The number of benzene rings is 1. The molecule has 0 aliphatic heterocycles. The molecule has 0 fully saturated rings. The van der Waals surface area contributed by atoms with Crippen LogP contribution in [0.3, 0.4) is 0 Å². The fraction of sp³-hybridized carbons (Fsp3) is 0. The summed E-state index contributed by atoms with van der Waals surface area (Å²) in [6.07, 6.45) is 2.05. The van der Waals surface area contributed by atoms with E-state index in [4.69, 9.17) is 0 Å². The van der Waals surface area contributed by atoms with Gasteiger partial charge in [0.25, 0.3) is 0 Å². The molecule has 0 bridgehead atoms. The summed E-state index contributed by atoms with van der Waals surface area (Å²) in [7, 11) is 0. The SMILES string of the molecule is c1cc2c(c[11cH]1)nc1sccn12. The molecule has 3 heteroatoms. The first kappa shape index (κ1) is 6.20. The van der Waals surface area contributed by atoms with E-state index in [0.29, 0.717) is 0 Å². The van der Waals surface area contributed by atoms with Crippen LogP contribution in [0.2, 0.25) is 0 Å². The second kappa shape index (κ2) is 2.08. The van der Waals surface area contributed by atoms with Gasteiger partial charge in [0.05, 0.1) is 11.0 Å². The largest absolute Gasteiger partial charge is 0.290 e. The second-order valence-electron chi connectivity index (χ2n) is 2.66. The maximum Gasteiger partial charge on any atom is 0.194 e. The van der Waals surface area contributed by atoms with E-state index in [2.05, 4.69) is 27.0 Å². The average Bonchev–Trinajstić information content (AvgIpc) is 2.62.